The summed E-state index contributed by atoms with van der Waals surface area (Å²) >= 11 is 0. The van der Waals surface area contributed by atoms with Crippen LogP contribution in [0.4, 0.5) is 5.69 Å². The predicted molar refractivity (Wildman–Crippen MR) is 79.6 cm³/mol. The molecule has 0 saturated carbocycles. The van der Waals surface area contributed by atoms with Crippen molar-refractivity contribution in [2.45, 2.75) is 13.3 Å². The van der Waals surface area contributed by atoms with Crippen LogP contribution in [0.25, 0.3) is 0 Å². The SMILES string of the molecule is Cc1cccc(NC(=O)CNCCc2ccn(C)n2)c1. The summed E-state index contributed by atoms with van der Waals surface area (Å²) in [5.41, 5.74) is 2.99. The Balaban J connectivity index is 1.67. The molecule has 0 aliphatic carbocycles. The van der Waals surface area contributed by atoms with Crippen molar-refractivity contribution in [2.24, 2.45) is 7.05 Å². The molecule has 0 aliphatic rings. The molecule has 2 rings (SSSR count). The maximum Gasteiger partial charge on any atom is 0.238 e. The number of anilines is 1. The van der Waals surface area contributed by atoms with Crippen molar-refractivity contribution >= 4 is 11.6 Å². The second-order valence-electron chi connectivity index (χ2n) is 4.83. The van der Waals surface area contributed by atoms with E-state index in [1.807, 2.05) is 50.5 Å². The van der Waals surface area contributed by atoms with Gasteiger partial charge in [-0.2, -0.15) is 5.10 Å². The van der Waals surface area contributed by atoms with Crippen LogP contribution in [0, 0.1) is 6.92 Å². The first-order valence-electron chi connectivity index (χ1n) is 6.69. The van der Waals surface area contributed by atoms with Crippen molar-refractivity contribution in [2.75, 3.05) is 18.4 Å². The van der Waals surface area contributed by atoms with Gasteiger partial charge < -0.3 is 10.6 Å². The van der Waals surface area contributed by atoms with Gasteiger partial charge in [0.1, 0.15) is 0 Å². The molecule has 0 saturated heterocycles. The van der Waals surface area contributed by atoms with Gasteiger partial charge in [0.15, 0.2) is 0 Å². The average Bonchev–Trinajstić information content (AvgIpc) is 2.80. The number of hydrogen-bond donors (Lipinski definition) is 2. The lowest BCUT2D eigenvalue weighted by atomic mass is 10.2. The zero-order chi connectivity index (χ0) is 14.4. The molecule has 0 unspecified atom stereocenters. The monoisotopic (exact) mass is 272 g/mol. The number of aromatic nitrogens is 2. The number of carbonyl (C=O) groups is 1. The number of carbonyl (C=O) groups excluding carboxylic acids is 1. The second kappa shape index (κ2) is 6.86. The van der Waals surface area contributed by atoms with E-state index >= 15 is 0 Å². The number of hydrogen-bond acceptors (Lipinski definition) is 3. The molecule has 20 heavy (non-hydrogen) atoms. The minimum Gasteiger partial charge on any atom is -0.325 e. The van der Waals surface area contributed by atoms with Crippen LogP contribution in [0.3, 0.4) is 0 Å². The van der Waals surface area contributed by atoms with E-state index in [1.165, 1.54) is 0 Å². The van der Waals surface area contributed by atoms with Gasteiger partial charge in [-0.25, -0.2) is 0 Å². The molecule has 0 atom stereocenters. The molecule has 1 aromatic heterocycles. The minimum atomic E-state index is -0.0309. The number of nitrogens with one attached hydrogen (secondary N) is 2. The van der Waals surface area contributed by atoms with Gasteiger partial charge in [-0.1, -0.05) is 12.1 Å². The Hall–Kier alpha value is -2.14. The summed E-state index contributed by atoms with van der Waals surface area (Å²) < 4.78 is 1.78. The van der Waals surface area contributed by atoms with Crippen LogP contribution < -0.4 is 10.6 Å². The van der Waals surface area contributed by atoms with Crippen molar-refractivity contribution in [3.8, 4) is 0 Å². The maximum atomic E-state index is 11.7. The van der Waals surface area contributed by atoms with Gasteiger partial charge in [0, 0.05) is 31.9 Å². The molecule has 2 N–H and O–H groups in total. The molecule has 1 heterocycles. The lowest BCUT2D eigenvalue weighted by Crippen LogP contribution is -2.29. The van der Waals surface area contributed by atoms with Gasteiger partial charge in [0.05, 0.1) is 12.2 Å². The van der Waals surface area contributed by atoms with Gasteiger partial charge in [-0.15, -0.1) is 0 Å². The molecule has 0 radical (unpaired) electrons. The molecule has 0 bridgehead atoms. The molecule has 5 heteroatoms. The lowest BCUT2D eigenvalue weighted by molar-refractivity contribution is -0.115. The molecule has 1 amide bonds. The average molecular weight is 272 g/mol. The Morgan fingerprint density at radius 1 is 1.35 bits per heavy atom. The normalized spacial score (nSPS) is 10.5. The van der Waals surface area contributed by atoms with Crippen molar-refractivity contribution < 1.29 is 4.79 Å². The summed E-state index contributed by atoms with van der Waals surface area (Å²) in [5, 5.41) is 10.3. The largest absolute Gasteiger partial charge is 0.325 e. The second-order valence-corrected chi connectivity index (χ2v) is 4.83. The highest BCUT2D eigenvalue weighted by atomic mass is 16.1. The van der Waals surface area contributed by atoms with E-state index in [2.05, 4.69) is 15.7 Å². The van der Waals surface area contributed by atoms with Gasteiger partial charge in [0.2, 0.25) is 5.91 Å². The number of benzene rings is 1. The van der Waals surface area contributed by atoms with Gasteiger partial charge in [-0.05, 0) is 30.7 Å². The summed E-state index contributed by atoms with van der Waals surface area (Å²) in [5.74, 6) is -0.0309. The molecule has 0 aliphatic heterocycles. The highest BCUT2D eigenvalue weighted by molar-refractivity contribution is 5.92. The van der Waals surface area contributed by atoms with Gasteiger partial charge in [0.25, 0.3) is 0 Å². The highest BCUT2D eigenvalue weighted by Crippen LogP contribution is 2.08. The number of amides is 1. The fourth-order valence-corrected chi connectivity index (χ4v) is 1.94. The highest BCUT2D eigenvalue weighted by Gasteiger charge is 2.02. The van der Waals surface area contributed by atoms with Crippen LogP contribution in [-0.4, -0.2) is 28.8 Å². The molecular formula is C15H20N4O. The predicted octanol–water partition coefficient (Wildman–Crippen LogP) is 1.50. The van der Waals surface area contributed by atoms with Crippen LogP contribution in [0.2, 0.25) is 0 Å². The van der Waals surface area contributed by atoms with Crippen molar-refractivity contribution in [1.82, 2.24) is 15.1 Å². The van der Waals surface area contributed by atoms with E-state index in [9.17, 15) is 4.79 Å². The van der Waals surface area contributed by atoms with Crippen LogP contribution in [0.15, 0.2) is 36.5 Å². The third kappa shape index (κ3) is 4.51. The van der Waals surface area contributed by atoms with E-state index in [-0.39, 0.29) is 5.91 Å². The van der Waals surface area contributed by atoms with Crippen LogP contribution in [-0.2, 0) is 18.3 Å². The zero-order valence-electron chi connectivity index (χ0n) is 11.9. The van der Waals surface area contributed by atoms with Crippen LogP contribution >= 0.6 is 0 Å². The van der Waals surface area contributed by atoms with Crippen molar-refractivity contribution in [3.05, 3.63) is 47.8 Å². The molecule has 0 spiro atoms. The smallest absolute Gasteiger partial charge is 0.238 e. The Morgan fingerprint density at radius 3 is 2.90 bits per heavy atom. The Bertz CT molecular complexity index is 577. The fourth-order valence-electron chi connectivity index (χ4n) is 1.94. The third-order valence-electron chi connectivity index (χ3n) is 2.91. The van der Waals surface area contributed by atoms with Gasteiger partial charge in [-0.3, -0.25) is 9.48 Å². The van der Waals surface area contributed by atoms with Crippen molar-refractivity contribution in [1.29, 1.82) is 0 Å². The summed E-state index contributed by atoms with van der Waals surface area (Å²) in [7, 11) is 1.90. The summed E-state index contributed by atoms with van der Waals surface area (Å²) in [6, 6.07) is 9.75. The Kier molecular flexibility index (Phi) is 4.90. The number of nitrogens with zero attached hydrogens (tertiary/aromatic N) is 2. The molecule has 106 valence electrons. The van der Waals surface area contributed by atoms with Gasteiger partial charge >= 0.3 is 0 Å². The summed E-state index contributed by atoms with van der Waals surface area (Å²) in [6.45, 7) is 3.04. The summed E-state index contributed by atoms with van der Waals surface area (Å²) in [4.78, 5) is 11.7. The molecule has 5 nitrogen and oxygen atoms in total. The third-order valence-corrected chi connectivity index (χ3v) is 2.91. The molecule has 1 aromatic carbocycles. The van der Waals surface area contributed by atoms with E-state index in [0.29, 0.717) is 6.54 Å². The van der Waals surface area contributed by atoms with E-state index in [0.717, 1.165) is 29.9 Å². The first-order chi connectivity index (χ1) is 9.63. The topological polar surface area (TPSA) is 59.0 Å². The molecule has 2 aromatic rings. The molecule has 0 fully saturated rings. The van der Waals surface area contributed by atoms with E-state index in [4.69, 9.17) is 0 Å². The summed E-state index contributed by atoms with van der Waals surface area (Å²) in [6.07, 6.45) is 2.73. The Morgan fingerprint density at radius 2 is 2.20 bits per heavy atom. The lowest BCUT2D eigenvalue weighted by Gasteiger charge is -2.06. The number of rotatable bonds is 6. The molecular weight excluding hydrogens is 252 g/mol. The minimum absolute atomic E-state index is 0.0309. The maximum absolute atomic E-state index is 11.7. The quantitative estimate of drug-likeness (QED) is 0.783. The first kappa shape index (κ1) is 14.3. The zero-order valence-corrected chi connectivity index (χ0v) is 11.9. The Labute approximate surface area is 119 Å². The van der Waals surface area contributed by atoms with E-state index < -0.39 is 0 Å². The van der Waals surface area contributed by atoms with Crippen molar-refractivity contribution in [3.63, 3.8) is 0 Å². The number of aryl methyl sites for hydroxylation is 2. The first-order valence-corrected chi connectivity index (χ1v) is 6.69. The fraction of sp³-hybridized carbons (Fsp3) is 0.333. The van der Waals surface area contributed by atoms with Crippen LogP contribution in [0.5, 0.6) is 0 Å². The van der Waals surface area contributed by atoms with E-state index in [1.54, 1.807) is 4.68 Å². The standard InChI is InChI=1S/C15H20N4O/c1-12-4-3-5-14(10-12)17-15(20)11-16-8-6-13-7-9-19(2)18-13/h3-5,7,9-10,16H,6,8,11H2,1-2H3,(H,17,20). The van der Waals surface area contributed by atoms with Crippen LogP contribution in [0.1, 0.15) is 11.3 Å².